The third kappa shape index (κ3) is 8.71. The zero-order valence-corrected chi connectivity index (χ0v) is 21.6. The third-order valence-corrected chi connectivity index (χ3v) is 6.99. The molecule has 2 amide bonds. The molecule has 0 aliphatic rings. The Bertz CT molecular complexity index is 1050. The Morgan fingerprint density at radius 3 is 2.33 bits per heavy atom. The molecule has 9 nitrogen and oxygen atoms in total. The Kier molecular flexibility index (Phi) is 12.0. The molecule has 1 unspecified atom stereocenters. The van der Waals surface area contributed by atoms with Crippen LogP contribution in [0.1, 0.15) is 6.92 Å². The molecule has 0 saturated heterocycles. The number of hydroxylamine groups is 1. The largest absolute Gasteiger partial charge is 0.451 e. The second-order valence-corrected chi connectivity index (χ2v) is 9.77. The van der Waals surface area contributed by atoms with Crippen LogP contribution in [0.5, 0.6) is 11.5 Å². The number of carbonyl (C=O) groups is 2. The molecule has 0 bridgehead atoms. The van der Waals surface area contributed by atoms with Crippen molar-refractivity contribution in [1.82, 2.24) is 14.7 Å². The normalized spacial score (nSPS) is 11.9. The van der Waals surface area contributed by atoms with Crippen LogP contribution in [0.3, 0.4) is 0 Å². The highest BCUT2D eigenvalue weighted by Gasteiger charge is 2.21. The number of benzene rings is 2. The summed E-state index contributed by atoms with van der Waals surface area (Å²) in [5.41, 5.74) is 1.55. The number of hydrogen-bond acceptors (Lipinski definition) is 7. The number of methoxy groups -OCH3 is 1. The number of rotatable bonds is 12. The van der Waals surface area contributed by atoms with Crippen molar-refractivity contribution in [2.75, 3.05) is 47.0 Å². The molecule has 0 radical (unpaired) electrons. The number of ether oxygens (including phenoxy) is 3. The molecule has 0 spiro atoms. The molecular formula is C23H28ClF2N3O6S. The predicted molar refractivity (Wildman–Crippen MR) is 133 cm³/mol. The van der Waals surface area contributed by atoms with Gasteiger partial charge in [-0.2, -0.15) is 0 Å². The van der Waals surface area contributed by atoms with Gasteiger partial charge < -0.3 is 19.1 Å². The summed E-state index contributed by atoms with van der Waals surface area (Å²) in [4.78, 5) is 25.6. The van der Waals surface area contributed by atoms with E-state index in [2.05, 4.69) is 0 Å². The smallest absolute Gasteiger partial charge is 0.409 e. The van der Waals surface area contributed by atoms with E-state index >= 15 is 0 Å². The lowest BCUT2D eigenvalue weighted by Crippen LogP contribution is -2.39. The van der Waals surface area contributed by atoms with Crippen molar-refractivity contribution < 1.29 is 37.8 Å². The predicted octanol–water partition coefficient (Wildman–Crippen LogP) is 4.30. The van der Waals surface area contributed by atoms with E-state index in [0.717, 1.165) is 12.1 Å². The highest BCUT2D eigenvalue weighted by atomic mass is 35.5. The van der Waals surface area contributed by atoms with Crippen LogP contribution in [0.25, 0.3) is 0 Å². The van der Waals surface area contributed by atoms with Crippen molar-refractivity contribution in [1.29, 1.82) is 0 Å². The second-order valence-electron chi connectivity index (χ2n) is 7.25. The van der Waals surface area contributed by atoms with Gasteiger partial charge in [0.15, 0.2) is 17.4 Å². The summed E-state index contributed by atoms with van der Waals surface area (Å²) in [6.45, 7) is 1.94. The SMILES string of the molecule is C/C=S(\c1cc(F)c(Oc2ccc(Cl)cc2)c(F)c1)N(CCN(C)C(=O)OCCOC)CC(=O)NO. The maximum Gasteiger partial charge on any atom is 0.409 e. The lowest BCUT2D eigenvalue weighted by atomic mass is 10.3. The summed E-state index contributed by atoms with van der Waals surface area (Å²) in [5.74, 6) is -3.00. The molecule has 13 heteroatoms. The first kappa shape index (κ1) is 29.5. The third-order valence-electron chi connectivity index (χ3n) is 4.70. The minimum atomic E-state index is -1.09. The first-order chi connectivity index (χ1) is 17.2. The van der Waals surface area contributed by atoms with E-state index in [0.29, 0.717) is 5.02 Å². The molecule has 0 aliphatic carbocycles. The molecule has 0 aliphatic heterocycles. The van der Waals surface area contributed by atoms with Crippen LogP contribution in [0.2, 0.25) is 5.02 Å². The van der Waals surface area contributed by atoms with Crippen molar-refractivity contribution in [3.05, 3.63) is 53.1 Å². The fourth-order valence-electron chi connectivity index (χ4n) is 2.93. The van der Waals surface area contributed by atoms with Crippen LogP contribution in [0.15, 0.2) is 41.3 Å². The van der Waals surface area contributed by atoms with Gasteiger partial charge in [-0.05, 0) is 48.7 Å². The summed E-state index contributed by atoms with van der Waals surface area (Å²) in [7, 11) is 1.90. The first-order valence-electron chi connectivity index (χ1n) is 10.7. The summed E-state index contributed by atoms with van der Waals surface area (Å²) in [5, 5.41) is 11.1. The molecule has 2 N–H and O–H groups in total. The Balaban J connectivity index is 2.24. The second kappa shape index (κ2) is 14.7. The van der Waals surface area contributed by atoms with Crippen LogP contribution in [0.4, 0.5) is 13.6 Å². The van der Waals surface area contributed by atoms with Crippen LogP contribution in [-0.4, -0.2) is 78.8 Å². The molecule has 0 fully saturated rings. The molecule has 0 saturated carbocycles. The van der Waals surface area contributed by atoms with Crippen molar-refractivity contribution >= 4 is 39.6 Å². The van der Waals surface area contributed by atoms with Crippen molar-refractivity contribution in [2.24, 2.45) is 0 Å². The van der Waals surface area contributed by atoms with Crippen LogP contribution in [0, 0.1) is 11.6 Å². The number of carbonyl (C=O) groups excluding carboxylic acids is 2. The monoisotopic (exact) mass is 547 g/mol. The zero-order valence-electron chi connectivity index (χ0n) is 20.0. The molecule has 36 heavy (non-hydrogen) atoms. The van der Waals surface area contributed by atoms with Gasteiger partial charge in [-0.25, -0.2) is 23.4 Å². The van der Waals surface area contributed by atoms with Crippen molar-refractivity contribution in [3.8, 4) is 11.5 Å². The summed E-state index contributed by atoms with van der Waals surface area (Å²) < 4.78 is 46.6. The highest BCUT2D eigenvalue weighted by molar-refractivity contribution is 8.13. The molecule has 2 aromatic rings. The minimum Gasteiger partial charge on any atom is -0.451 e. The molecule has 2 aromatic carbocycles. The van der Waals surface area contributed by atoms with Crippen molar-refractivity contribution in [3.63, 3.8) is 0 Å². The van der Waals surface area contributed by atoms with Gasteiger partial charge in [-0.15, -0.1) is 0 Å². The zero-order chi connectivity index (χ0) is 26.7. The van der Waals surface area contributed by atoms with E-state index in [1.807, 2.05) is 0 Å². The lowest BCUT2D eigenvalue weighted by molar-refractivity contribution is -0.129. The fraction of sp³-hybridized carbons (Fsp3) is 0.348. The van der Waals surface area contributed by atoms with Gasteiger partial charge in [-0.3, -0.25) is 10.0 Å². The van der Waals surface area contributed by atoms with Crippen LogP contribution < -0.4 is 10.2 Å². The van der Waals surface area contributed by atoms with Gasteiger partial charge in [0.25, 0.3) is 5.91 Å². The summed E-state index contributed by atoms with van der Waals surface area (Å²) in [6.07, 6.45) is -0.597. The van der Waals surface area contributed by atoms with E-state index in [4.69, 9.17) is 31.0 Å². The standard InChI is InChI=1S/C23H28ClF2N3O6S/c1-4-36(29(15-21(30)27-32)10-9-28(2)23(31)34-12-11-33-3)18-13-19(25)22(20(26)14-18)35-17-7-5-16(24)6-8-17/h4-8,13-14,32H,9-12,15H2,1-3H3,(H,27,30). The number of amides is 2. The van der Waals surface area contributed by atoms with Crippen LogP contribution >= 0.6 is 22.3 Å². The van der Waals surface area contributed by atoms with E-state index in [-0.39, 0.29) is 43.5 Å². The Morgan fingerprint density at radius 1 is 1.14 bits per heavy atom. The topological polar surface area (TPSA) is 101 Å². The molecular weight excluding hydrogens is 520 g/mol. The number of likely N-dealkylation sites (N-methyl/N-ethyl adjacent to an activating group) is 1. The summed E-state index contributed by atoms with van der Waals surface area (Å²) >= 11 is 5.83. The van der Waals surface area contributed by atoms with E-state index in [1.54, 1.807) is 22.1 Å². The van der Waals surface area contributed by atoms with Gasteiger partial charge in [0.1, 0.15) is 12.4 Å². The average molecular weight is 548 g/mol. The number of hydrogen-bond donors (Lipinski definition) is 2. The number of nitrogens with one attached hydrogen (secondary N) is 1. The Labute approximate surface area is 215 Å². The Morgan fingerprint density at radius 2 is 1.78 bits per heavy atom. The van der Waals surface area contributed by atoms with E-state index < -0.39 is 40.1 Å². The van der Waals surface area contributed by atoms with Gasteiger partial charge >= 0.3 is 6.09 Å². The summed E-state index contributed by atoms with van der Waals surface area (Å²) in [6, 6.07) is 8.24. The van der Waals surface area contributed by atoms with Gasteiger partial charge in [0, 0.05) is 37.2 Å². The van der Waals surface area contributed by atoms with E-state index in [9.17, 15) is 18.4 Å². The molecule has 0 heterocycles. The number of nitrogens with zero attached hydrogens (tertiary/aromatic N) is 2. The molecule has 0 aromatic heterocycles. The van der Waals surface area contributed by atoms with Crippen molar-refractivity contribution in [2.45, 2.75) is 11.8 Å². The lowest BCUT2D eigenvalue weighted by Gasteiger charge is -2.28. The average Bonchev–Trinajstić information content (AvgIpc) is 2.85. The molecule has 2 rings (SSSR count). The molecule has 1 atom stereocenters. The van der Waals surface area contributed by atoms with Gasteiger partial charge in [0.2, 0.25) is 0 Å². The van der Waals surface area contributed by atoms with Gasteiger partial charge in [-0.1, -0.05) is 22.3 Å². The van der Waals surface area contributed by atoms with Crippen LogP contribution in [-0.2, 0) is 14.3 Å². The quantitative estimate of drug-likeness (QED) is 0.177. The molecule has 198 valence electrons. The maximum atomic E-state index is 14.9. The Hall–Kier alpha value is -2.77. The number of halogens is 3. The van der Waals surface area contributed by atoms with E-state index in [1.165, 1.54) is 43.3 Å². The maximum absolute atomic E-state index is 14.9. The highest BCUT2D eigenvalue weighted by Crippen LogP contribution is 2.36. The van der Waals surface area contributed by atoms with Gasteiger partial charge in [0.05, 0.1) is 13.2 Å². The minimum absolute atomic E-state index is 0.0758. The first-order valence-corrected chi connectivity index (χ1v) is 12.3. The fourth-order valence-corrected chi connectivity index (χ4v) is 4.90.